The number of aromatic nitrogens is 1. The van der Waals surface area contributed by atoms with E-state index in [0.717, 1.165) is 28.6 Å². The zero-order valence-corrected chi connectivity index (χ0v) is 19.1. The standard InChI is InChI=1S/C26H25ClN2O3/c1-4-16(2)18-10-12-24-22(13-18)29-26(32-24)19-9-11-20(27)21(14-19)28-25(30)15-31-23-8-6-5-7-17(23)3/h5-14,16H,4,15H2,1-3H3,(H,28,30)/t16-/m0/s1. The number of hydrogen-bond donors (Lipinski definition) is 1. The smallest absolute Gasteiger partial charge is 0.262 e. The third-order valence-electron chi connectivity index (χ3n) is 5.53. The van der Waals surface area contributed by atoms with Gasteiger partial charge in [0, 0.05) is 5.56 Å². The van der Waals surface area contributed by atoms with E-state index in [1.807, 2.05) is 43.3 Å². The molecule has 1 heterocycles. The van der Waals surface area contributed by atoms with Crippen molar-refractivity contribution in [3.8, 4) is 17.2 Å². The van der Waals surface area contributed by atoms with Crippen LogP contribution in [0.3, 0.4) is 0 Å². The van der Waals surface area contributed by atoms with Crippen LogP contribution in [0.4, 0.5) is 5.69 Å². The zero-order chi connectivity index (χ0) is 22.7. The molecule has 5 nitrogen and oxygen atoms in total. The monoisotopic (exact) mass is 448 g/mol. The summed E-state index contributed by atoms with van der Waals surface area (Å²) in [5, 5.41) is 3.23. The van der Waals surface area contributed by atoms with Crippen LogP contribution >= 0.6 is 11.6 Å². The molecule has 1 amide bonds. The fraction of sp³-hybridized carbons (Fsp3) is 0.231. The predicted octanol–water partition coefficient (Wildman–Crippen LogP) is 6.99. The Morgan fingerprint density at radius 1 is 1.16 bits per heavy atom. The summed E-state index contributed by atoms with van der Waals surface area (Å²) in [5.41, 5.74) is 4.94. The number of carbonyl (C=O) groups is 1. The molecule has 0 saturated carbocycles. The molecule has 164 valence electrons. The van der Waals surface area contributed by atoms with E-state index in [0.29, 0.717) is 28.3 Å². The lowest BCUT2D eigenvalue weighted by atomic mass is 9.98. The number of halogens is 1. The van der Waals surface area contributed by atoms with Gasteiger partial charge < -0.3 is 14.5 Å². The van der Waals surface area contributed by atoms with E-state index in [9.17, 15) is 4.79 Å². The summed E-state index contributed by atoms with van der Waals surface area (Å²) in [6.07, 6.45) is 1.06. The van der Waals surface area contributed by atoms with Crippen LogP contribution in [-0.2, 0) is 4.79 Å². The van der Waals surface area contributed by atoms with Crippen LogP contribution in [0.15, 0.2) is 65.1 Å². The van der Waals surface area contributed by atoms with Gasteiger partial charge in [0.1, 0.15) is 11.3 Å². The van der Waals surface area contributed by atoms with Gasteiger partial charge in [-0.1, -0.05) is 49.7 Å². The first kappa shape index (κ1) is 21.9. The van der Waals surface area contributed by atoms with Gasteiger partial charge >= 0.3 is 0 Å². The van der Waals surface area contributed by atoms with Crippen molar-refractivity contribution in [1.82, 2.24) is 4.98 Å². The minimum atomic E-state index is -0.303. The Morgan fingerprint density at radius 2 is 1.97 bits per heavy atom. The van der Waals surface area contributed by atoms with Gasteiger partial charge in [-0.2, -0.15) is 0 Å². The number of rotatable bonds is 7. The van der Waals surface area contributed by atoms with Crippen LogP contribution in [0.1, 0.15) is 37.3 Å². The van der Waals surface area contributed by atoms with Crippen molar-refractivity contribution in [2.45, 2.75) is 33.1 Å². The second kappa shape index (κ2) is 9.45. The van der Waals surface area contributed by atoms with Gasteiger partial charge in [0.15, 0.2) is 12.2 Å². The summed E-state index contributed by atoms with van der Waals surface area (Å²) >= 11 is 6.31. The molecule has 32 heavy (non-hydrogen) atoms. The van der Waals surface area contributed by atoms with Crippen LogP contribution in [0.5, 0.6) is 5.75 Å². The Hall–Kier alpha value is -3.31. The second-order valence-electron chi connectivity index (χ2n) is 7.85. The van der Waals surface area contributed by atoms with Crippen LogP contribution in [0.25, 0.3) is 22.6 Å². The molecule has 0 radical (unpaired) electrons. The number of anilines is 1. The van der Waals surface area contributed by atoms with Gasteiger partial charge in [-0.05, 0) is 66.8 Å². The number of fused-ring (bicyclic) bond motifs is 1. The van der Waals surface area contributed by atoms with Crippen molar-refractivity contribution >= 4 is 34.3 Å². The molecule has 4 rings (SSSR count). The lowest BCUT2D eigenvalue weighted by Crippen LogP contribution is -2.20. The normalized spacial score (nSPS) is 12.0. The van der Waals surface area contributed by atoms with Gasteiger partial charge in [0.25, 0.3) is 5.91 Å². The highest BCUT2D eigenvalue weighted by atomic mass is 35.5. The quantitative estimate of drug-likeness (QED) is 0.331. The first-order valence-electron chi connectivity index (χ1n) is 10.6. The molecular formula is C26H25ClN2O3. The summed E-state index contributed by atoms with van der Waals surface area (Å²) in [5.74, 6) is 1.30. The Balaban J connectivity index is 1.52. The first-order valence-corrected chi connectivity index (χ1v) is 11.0. The van der Waals surface area contributed by atoms with Crippen molar-refractivity contribution in [3.05, 3.63) is 76.8 Å². The molecule has 0 aliphatic carbocycles. The highest BCUT2D eigenvalue weighted by Gasteiger charge is 2.14. The SMILES string of the molecule is CC[C@H](C)c1ccc2oc(-c3ccc(Cl)c(NC(=O)COc4ccccc4C)c3)nc2c1. The Kier molecular flexibility index (Phi) is 6.47. The molecule has 0 aliphatic heterocycles. The van der Waals surface area contributed by atoms with Gasteiger partial charge in [0.05, 0.1) is 10.7 Å². The molecule has 0 fully saturated rings. The second-order valence-corrected chi connectivity index (χ2v) is 8.26. The highest BCUT2D eigenvalue weighted by Crippen LogP contribution is 2.32. The molecular weight excluding hydrogens is 424 g/mol. The van der Waals surface area contributed by atoms with Crippen molar-refractivity contribution < 1.29 is 13.9 Å². The first-order chi connectivity index (χ1) is 15.4. The molecule has 0 spiro atoms. The number of amides is 1. The summed E-state index contributed by atoms with van der Waals surface area (Å²) < 4.78 is 11.6. The fourth-order valence-electron chi connectivity index (χ4n) is 3.41. The molecule has 1 aromatic heterocycles. The predicted molar refractivity (Wildman–Crippen MR) is 128 cm³/mol. The summed E-state index contributed by atoms with van der Waals surface area (Å²) in [6, 6.07) is 18.9. The maximum atomic E-state index is 12.4. The molecule has 6 heteroatoms. The lowest BCUT2D eigenvalue weighted by Gasteiger charge is -2.11. The largest absolute Gasteiger partial charge is 0.483 e. The number of nitrogens with one attached hydrogen (secondary N) is 1. The number of hydrogen-bond acceptors (Lipinski definition) is 4. The molecule has 0 saturated heterocycles. The fourth-order valence-corrected chi connectivity index (χ4v) is 3.58. The van der Waals surface area contributed by atoms with E-state index in [2.05, 4.69) is 36.3 Å². The maximum Gasteiger partial charge on any atom is 0.262 e. The summed E-state index contributed by atoms with van der Waals surface area (Å²) in [4.78, 5) is 17.1. The van der Waals surface area contributed by atoms with Gasteiger partial charge in [-0.3, -0.25) is 4.79 Å². The summed E-state index contributed by atoms with van der Waals surface area (Å²) in [7, 11) is 0. The van der Waals surface area contributed by atoms with E-state index in [4.69, 9.17) is 20.8 Å². The maximum absolute atomic E-state index is 12.4. The van der Waals surface area contributed by atoms with Crippen LogP contribution < -0.4 is 10.1 Å². The number of para-hydroxylation sites is 1. The van der Waals surface area contributed by atoms with Gasteiger partial charge in [-0.25, -0.2) is 4.98 Å². The Morgan fingerprint density at radius 3 is 2.75 bits per heavy atom. The van der Waals surface area contributed by atoms with Crippen molar-refractivity contribution in [1.29, 1.82) is 0 Å². The van der Waals surface area contributed by atoms with E-state index in [1.54, 1.807) is 12.1 Å². The molecule has 0 unspecified atom stereocenters. The summed E-state index contributed by atoms with van der Waals surface area (Å²) in [6.45, 7) is 6.17. The zero-order valence-electron chi connectivity index (χ0n) is 18.3. The highest BCUT2D eigenvalue weighted by molar-refractivity contribution is 6.33. The van der Waals surface area contributed by atoms with Crippen LogP contribution in [-0.4, -0.2) is 17.5 Å². The Labute approximate surface area is 192 Å². The number of oxazole rings is 1. The third-order valence-corrected chi connectivity index (χ3v) is 5.86. The topological polar surface area (TPSA) is 64.4 Å². The molecule has 3 aromatic carbocycles. The average molecular weight is 449 g/mol. The molecule has 0 bridgehead atoms. The molecule has 4 aromatic rings. The van der Waals surface area contributed by atoms with E-state index < -0.39 is 0 Å². The van der Waals surface area contributed by atoms with Gasteiger partial charge in [0.2, 0.25) is 5.89 Å². The Bertz CT molecular complexity index is 1270. The minimum Gasteiger partial charge on any atom is -0.483 e. The average Bonchev–Trinajstić information content (AvgIpc) is 3.23. The number of benzene rings is 3. The third kappa shape index (κ3) is 4.78. The van der Waals surface area contributed by atoms with E-state index >= 15 is 0 Å². The van der Waals surface area contributed by atoms with Crippen molar-refractivity contribution in [2.75, 3.05) is 11.9 Å². The number of ether oxygens (including phenoxy) is 1. The van der Waals surface area contributed by atoms with Crippen molar-refractivity contribution in [3.63, 3.8) is 0 Å². The van der Waals surface area contributed by atoms with Crippen molar-refractivity contribution in [2.24, 2.45) is 0 Å². The molecule has 0 aliphatic rings. The van der Waals surface area contributed by atoms with E-state index in [-0.39, 0.29) is 12.5 Å². The number of aryl methyl sites for hydroxylation is 1. The molecule has 1 atom stereocenters. The van der Waals surface area contributed by atoms with Crippen LogP contribution in [0.2, 0.25) is 5.02 Å². The molecule has 1 N–H and O–H groups in total. The number of nitrogens with zero attached hydrogens (tertiary/aromatic N) is 1. The number of carbonyl (C=O) groups excluding carboxylic acids is 1. The minimum absolute atomic E-state index is 0.118. The van der Waals surface area contributed by atoms with E-state index in [1.165, 1.54) is 5.56 Å². The van der Waals surface area contributed by atoms with Gasteiger partial charge in [-0.15, -0.1) is 0 Å². The van der Waals surface area contributed by atoms with Crippen LogP contribution in [0, 0.1) is 6.92 Å². The lowest BCUT2D eigenvalue weighted by molar-refractivity contribution is -0.118.